The molecule has 2 atom stereocenters. The quantitative estimate of drug-likeness (QED) is 0.854. The van der Waals surface area contributed by atoms with Crippen LogP contribution in [0.5, 0.6) is 0 Å². The van der Waals surface area contributed by atoms with Crippen molar-refractivity contribution in [1.82, 2.24) is 10.1 Å². The highest BCUT2D eigenvalue weighted by Crippen LogP contribution is 2.27. The van der Waals surface area contributed by atoms with Crippen molar-refractivity contribution in [2.75, 3.05) is 5.75 Å². The van der Waals surface area contributed by atoms with Crippen LogP contribution in [0.1, 0.15) is 43.9 Å². The standard InChI is InChI=1S/C10H17N3OS/c1-7(11)10-12-9(14-13-10)6-8-4-2-3-5-15-8/h7-8H,2-6,11H2,1H3. The summed E-state index contributed by atoms with van der Waals surface area (Å²) in [6.45, 7) is 1.87. The molecule has 4 nitrogen and oxygen atoms in total. The first-order valence-corrected chi connectivity index (χ1v) is 6.50. The Labute approximate surface area is 94.0 Å². The number of aromatic nitrogens is 2. The van der Waals surface area contributed by atoms with Gasteiger partial charge in [-0.25, -0.2) is 0 Å². The lowest BCUT2D eigenvalue weighted by Crippen LogP contribution is -2.13. The van der Waals surface area contributed by atoms with Gasteiger partial charge in [-0.3, -0.25) is 0 Å². The molecule has 0 aliphatic carbocycles. The molecule has 1 aromatic heterocycles. The van der Waals surface area contributed by atoms with Gasteiger partial charge in [-0.15, -0.1) is 0 Å². The van der Waals surface area contributed by atoms with Gasteiger partial charge < -0.3 is 10.3 Å². The second kappa shape index (κ2) is 4.99. The van der Waals surface area contributed by atoms with Gasteiger partial charge in [0.2, 0.25) is 5.89 Å². The van der Waals surface area contributed by atoms with E-state index >= 15 is 0 Å². The van der Waals surface area contributed by atoms with Crippen LogP contribution in [0.25, 0.3) is 0 Å². The molecular formula is C10H17N3OS. The average Bonchev–Trinajstić information content (AvgIpc) is 2.68. The van der Waals surface area contributed by atoms with Gasteiger partial charge in [0.25, 0.3) is 0 Å². The minimum absolute atomic E-state index is 0.137. The van der Waals surface area contributed by atoms with Crippen LogP contribution < -0.4 is 5.73 Å². The SMILES string of the molecule is CC(N)c1noc(CC2CCCCS2)n1. The molecule has 2 heterocycles. The van der Waals surface area contributed by atoms with Crippen LogP contribution in [0, 0.1) is 0 Å². The first-order valence-electron chi connectivity index (χ1n) is 5.45. The zero-order valence-electron chi connectivity index (χ0n) is 8.98. The molecule has 2 N–H and O–H groups in total. The number of hydrogen-bond donors (Lipinski definition) is 1. The van der Waals surface area contributed by atoms with Crippen molar-refractivity contribution >= 4 is 11.8 Å². The number of thioether (sulfide) groups is 1. The van der Waals surface area contributed by atoms with Crippen molar-refractivity contribution in [1.29, 1.82) is 0 Å². The van der Waals surface area contributed by atoms with Crippen molar-refractivity contribution in [3.8, 4) is 0 Å². The van der Waals surface area contributed by atoms with E-state index in [9.17, 15) is 0 Å². The molecule has 0 aromatic carbocycles. The Morgan fingerprint density at radius 1 is 1.60 bits per heavy atom. The fourth-order valence-corrected chi connectivity index (χ4v) is 3.00. The van der Waals surface area contributed by atoms with Crippen molar-refractivity contribution in [2.24, 2.45) is 5.73 Å². The molecule has 84 valence electrons. The third-order valence-electron chi connectivity index (χ3n) is 2.57. The van der Waals surface area contributed by atoms with Gasteiger partial charge in [0.05, 0.1) is 6.04 Å². The van der Waals surface area contributed by atoms with Crippen molar-refractivity contribution in [3.63, 3.8) is 0 Å². The molecule has 1 fully saturated rings. The number of hydrogen-bond acceptors (Lipinski definition) is 5. The fraction of sp³-hybridized carbons (Fsp3) is 0.800. The summed E-state index contributed by atoms with van der Waals surface area (Å²) in [5.41, 5.74) is 5.67. The molecule has 2 unspecified atom stereocenters. The topological polar surface area (TPSA) is 64.9 Å². The molecule has 15 heavy (non-hydrogen) atoms. The molecule has 1 saturated heterocycles. The Morgan fingerprint density at radius 3 is 3.07 bits per heavy atom. The number of rotatable bonds is 3. The van der Waals surface area contributed by atoms with Crippen LogP contribution in [-0.2, 0) is 6.42 Å². The average molecular weight is 227 g/mol. The maximum Gasteiger partial charge on any atom is 0.227 e. The summed E-state index contributed by atoms with van der Waals surface area (Å²) in [6, 6.07) is -0.137. The largest absolute Gasteiger partial charge is 0.339 e. The van der Waals surface area contributed by atoms with Gasteiger partial charge in [0, 0.05) is 11.7 Å². The van der Waals surface area contributed by atoms with E-state index in [1.165, 1.54) is 25.0 Å². The third kappa shape index (κ3) is 2.95. The molecular weight excluding hydrogens is 210 g/mol. The first-order chi connectivity index (χ1) is 7.25. The second-order valence-corrected chi connectivity index (χ2v) is 5.44. The minimum Gasteiger partial charge on any atom is -0.339 e. The summed E-state index contributed by atoms with van der Waals surface area (Å²) >= 11 is 2.02. The molecule has 1 aliphatic heterocycles. The highest BCUT2D eigenvalue weighted by Gasteiger charge is 2.18. The Bertz CT molecular complexity index is 307. The van der Waals surface area contributed by atoms with Crippen LogP contribution in [0.3, 0.4) is 0 Å². The molecule has 0 saturated carbocycles. The Hall–Kier alpha value is -0.550. The number of nitrogens with two attached hydrogens (primary N) is 1. The van der Waals surface area contributed by atoms with Crippen molar-refractivity contribution in [3.05, 3.63) is 11.7 Å². The Morgan fingerprint density at radius 2 is 2.47 bits per heavy atom. The van der Waals surface area contributed by atoms with Crippen LogP contribution in [-0.4, -0.2) is 21.1 Å². The van der Waals surface area contributed by atoms with Gasteiger partial charge in [-0.05, 0) is 25.5 Å². The molecule has 0 radical (unpaired) electrons. The predicted octanol–water partition coefficient (Wildman–Crippen LogP) is 1.92. The maximum atomic E-state index is 5.67. The van der Waals surface area contributed by atoms with Crippen LogP contribution >= 0.6 is 11.8 Å². The van der Waals surface area contributed by atoms with E-state index in [0.29, 0.717) is 11.1 Å². The van der Waals surface area contributed by atoms with E-state index in [2.05, 4.69) is 10.1 Å². The van der Waals surface area contributed by atoms with Crippen LogP contribution in [0.15, 0.2) is 4.52 Å². The summed E-state index contributed by atoms with van der Waals surface area (Å²) < 4.78 is 5.17. The fourth-order valence-electron chi connectivity index (χ4n) is 1.70. The van der Waals surface area contributed by atoms with Crippen LogP contribution in [0.4, 0.5) is 0 Å². The van der Waals surface area contributed by atoms with Crippen molar-refractivity contribution in [2.45, 2.75) is 43.9 Å². The Balaban J connectivity index is 1.91. The smallest absolute Gasteiger partial charge is 0.227 e. The molecule has 2 rings (SSSR count). The molecule has 5 heteroatoms. The van der Waals surface area contributed by atoms with E-state index in [1.807, 2.05) is 18.7 Å². The van der Waals surface area contributed by atoms with E-state index < -0.39 is 0 Å². The lowest BCUT2D eigenvalue weighted by molar-refractivity contribution is 0.367. The molecule has 1 aliphatic rings. The molecule has 0 bridgehead atoms. The lowest BCUT2D eigenvalue weighted by atomic mass is 10.1. The molecule has 1 aromatic rings. The molecule has 0 spiro atoms. The van der Waals surface area contributed by atoms with E-state index in [-0.39, 0.29) is 6.04 Å². The predicted molar refractivity (Wildman–Crippen MR) is 60.7 cm³/mol. The van der Waals surface area contributed by atoms with Crippen molar-refractivity contribution < 1.29 is 4.52 Å². The summed E-state index contributed by atoms with van der Waals surface area (Å²) in [4.78, 5) is 4.29. The maximum absolute atomic E-state index is 5.67. The second-order valence-electron chi connectivity index (χ2n) is 4.03. The first kappa shape index (κ1) is 11.0. The van der Waals surface area contributed by atoms with E-state index in [0.717, 1.165) is 12.3 Å². The number of nitrogens with zero attached hydrogens (tertiary/aromatic N) is 2. The zero-order valence-corrected chi connectivity index (χ0v) is 9.80. The van der Waals surface area contributed by atoms with E-state index in [4.69, 9.17) is 10.3 Å². The van der Waals surface area contributed by atoms with Crippen LogP contribution in [0.2, 0.25) is 0 Å². The summed E-state index contributed by atoms with van der Waals surface area (Å²) in [5, 5.41) is 4.51. The summed E-state index contributed by atoms with van der Waals surface area (Å²) in [5.74, 6) is 2.62. The summed E-state index contributed by atoms with van der Waals surface area (Å²) in [6.07, 6.45) is 4.83. The Kier molecular flexibility index (Phi) is 3.64. The van der Waals surface area contributed by atoms with E-state index in [1.54, 1.807) is 0 Å². The van der Waals surface area contributed by atoms with Gasteiger partial charge in [0.15, 0.2) is 5.82 Å². The normalized spacial score (nSPS) is 24.0. The summed E-state index contributed by atoms with van der Waals surface area (Å²) in [7, 11) is 0. The lowest BCUT2D eigenvalue weighted by Gasteiger charge is -2.19. The minimum atomic E-state index is -0.137. The van der Waals surface area contributed by atoms with Gasteiger partial charge in [0.1, 0.15) is 0 Å². The van der Waals surface area contributed by atoms with Gasteiger partial charge in [-0.2, -0.15) is 16.7 Å². The highest BCUT2D eigenvalue weighted by atomic mass is 32.2. The van der Waals surface area contributed by atoms with Gasteiger partial charge >= 0.3 is 0 Å². The zero-order chi connectivity index (χ0) is 10.7. The third-order valence-corrected chi connectivity index (χ3v) is 3.97. The van der Waals surface area contributed by atoms with Gasteiger partial charge in [-0.1, -0.05) is 11.6 Å². The monoisotopic (exact) mass is 227 g/mol. The molecule has 0 amide bonds. The highest BCUT2D eigenvalue weighted by molar-refractivity contribution is 7.99.